The molecule has 32 heavy (non-hydrogen) atoms. The van der Waals surface area contributed by atoms with Crippen molar-refractivity contribution in [3.05, 3.63) is 101 Å². The minimum atomic E-state index is -4.44. The zero-order valence-electron chi connectivity index (χ0n) is 16.6. The largest absolute Gasteiger partial charge is 0.488 e. The Morgan fingerprint density at radius 1 is 0.969 bits per heavy atom. The molecule has 0 atom stereocenters. The molecule has 4 aromatic rings. The van der Waals surface area contributed by atoms with Crippen molar-refractivity contribution < 1.29 is 17.9 Å². The van der Waals surface area contributed by atoms with Crippen LogP contribution >= 0.6 is 11.6 Å². The van der Waals surface area contributed by atoms with Crippen LogP contribution in [0.25, 0.3) is 10.8 Å². The standard InChI is InChI=1S/C24H17ClF3N3O/c25-21-8-4-2-6-17(21)15-32-22-11-9-16-5-1-3-7-19(16)20(22)14-30-31-23-12-10-18(13-29-23)24(26,27)28/h1-14H,15H2,(H,29,31)/b30-14-. The van der Waals surface area contributed by atoms with Crippen LogP contribution in [0.5, 0.6) is 5.75 Å². The Kier molecular flexibility index (Phi) is 6.28. The average molecular weight is 456 g/mol. The average Bonchev–Trinajstić information content (AvgIpc) is 2.79. The van der Waals surface area contributed by atoms with Gasteiger partial charge in [0, 0.05) is 22.3 Å². The highest BCUT2D eigenvalue weighted by Gasteiger charge is 2.30. The Morgan fingerprint density at radius 2 is 1.75 bits per heavy atom. The van der Waals surface area contributed by atoms with Crippen molar-refractivity contribution in [2.75, 3.05) is 5.43 Å². The van der Waals surface area contributed by atoms with E-state index in [1.807, 2.05) is 54.6 Å². The molecular formula is C24H17ClF3N3O. The first-order valence-electron chi connectivity index (χ1n) is 9.62. The number of hydrazone groups is 1. The summed E-state index contributed by atoms with van der Waals surface area (Å²) < 4.78 is 44.1. The van der Waals surface area contributed by atoms with Gasteiger partial charge in [-0.25, -0.2) is 4.98 Å². The molecule has 8 heteroatoms. The summed E-state index contributed by atoms with van der Waals surface area (Å²) in [6.45, 7) is 0.271. The molecule has 0 fully saturated rings. The van der Waals surface area contributed by atoms with Gasteiger partial charge in [-0.05, 0) is 35.0 Å². The van der Waals surface area contributed by atoms with Gasteiger partial charge >= 0.3 is 6.18 Å². The first-order chi connectivity index (χ1) is 15.4. The zero-order valence-corrected chi connectivity index (χ0v) is 17.4. The van der Waals surface area contributed by atoms with Crippen molar-refractivity contribution >= 4 is 34.4 Å². The molecule has 0 aliphatic heterocycles. The molecule has 0 radical (unpaired) electrons. The molecule has 0 aliphatic rings. The first kappa shape index (κ1) is 21.6. The van der Waals surface area contributed by atoms with Gasteiger partial charge in [0.25, 0.3) is 0 Å². The van der Waals surface area contributed by atoms with Gasteiger partial charge in [-0.2, -0.15) is 18.3 Å². The number of fused-ring (bicyclic) bond motifs is 1. The molecule has 0 spiro atoms. The summed E-state index contributed by atoms with van der Waals surface area (Å²) in [5.41, 5.74) is 3.40. The molecule has 162 valence electrons. The molecule has 0 aliphatic carbocycles. The van der Waals surface area contributed by atoms with E-state index in [9.17, 15) is 13.2 Å². The van der Waals surface area contributed by atoms with Crippen LogP contribution in [-0.2, 0) is 12.8 Å². The van der Waals surface area contributed by atoms with E-state index in [0.717, 1.165) is 34.2 Å². The van der Waals surface area contributed by atoms with Gasteiger partial charge in [0.2, 0.25) is 0 Å². The fourth-order valence-electron chi connectivity index (χ4n) is 3.10. The Morgan fingerprint density at radius 3 is 2.50 bits per heavy atom. The highest BCUT2D eigenvalue weighted by Crippen LogP contribution is 2.30. The number of hydrogen-bond acceptors (Lipinski definition) is 4. The van der Waals surface area contributed by atoms with E-state index < -0.39 is 11.7 Å². The molecule has 0 amide bonds. The summed E-state index contributed by atoms with van der Waals surface area (Å²) in [4.78, 5) is 3.76. The number of rotatable bonds is 6. The molecule has 3 aromatic carbocycles. The maximum absolute atomic E-state index is 12.7. The molecule has 1 aromatic heterocycles. The van der Waals surface area contributed by atoms with E-state index in [4.69, 9.17) is 16.3 Å². The summed E-state index contributed by atoms with van der Waals surface area (Å²) in [6, 6.07) is 21.1. The number of anilines is 1. The predicted octanol–water partition coefficient (Wildman–Crippen LogP) is 6.93. The lowest BCUT2D eigenvalue weighted by Gasteiger charge is -2.12. The molecule has 1 heterocycles. The molecule has 4 rings (SSSR count). The van der Waals surface area contributed by atoms with Crippen LogP contribution in [0.1, 0.15) is 16.7 Å². The van der Waals surface area contributed by atoms with Crippen LogP contribution in [0.2, 0.25) is 5.02 Å². The zero-order chi connectivity index (χ0) is 22.6. The lowest BCUT2D eigenvalue weighted by Crippen LogP contribution is -2.05. The summed E-state index contributed by atoms with van der Waals surface area (Å²) in [5, 5.41) is 6.68. The summed E-state index contributed by atoms with van der Waals surface area (Å²) in [6.07, 6.45) is -2.12. The van der Waals surface area contributed by atoms with Crippen LogP contribution in [-0.4, -0.2) is 11.2 Å². The fraction of sp³-hybridized carbons (Fsp3) is 0.0833. The maximum Gasteiger partial charge on any atom is 0.417 e. The highest BCUT2D eigenvalue weighted by molar-refractivity contribution is 6.31. The minimum Gasteiger partial charge on any atom is -0.488 e. The number of hydrogen-bond donors (Lipinski definition) is 1. The van der Waals surface area contributed by atoms with Crippen LogP contribution in [0.3, 0.4) is 0 Å². The Hall–Kier alpha value is -3.58. The van der Waals surface area contributed by atoms with E-state index >= 15 is 0 Å². The molecule has 0 saturated carbocycles. The third-order valence-electron chi connectivity index (χ3n) is 4.74. The van der Waals surface area contributed by atoms with Gasteiger partial charge in [-0.3, -0.25) is 5.43 Å². The SMILES string of the molecule is FC(F)(F)c1ccc(N/N=C\c2c(OCc3ccccc3Cl)ccc3ccccc23)nc1. The van der Waals surface area contributed by atoms with Crippen LogP contribution in [0.15, 0.2) is 84.1 Å². The van der Waals surface area contributed by atoms with Gasteiger partial charge in [-0.1, -0.05) is 60.1 Å². The summed E-state index contributed by atoms with van der Waals surface area (Å²) >= 11 is 6.22. The van der Waals surface area contributed by atoms with Gasteiger partial charge in [0.1, 0.15) is 18.2 Å². The molecule has 0 bridgehead atoms. The second-order valence-electron chi connectivity index (χ2n) is 6.88. The van der Waals surface area contributed by atoms with Crippen molar-refractivity contribution in [1.82, 2.24) is 4.98 Å². The normalized spacial score (nSPS) is 11.8. The van der Waals surface area contributed by atoms with Crippen molar-refractivity contribution in [1.29, 1.82) is 0 Å². The number of alkyl halides is 3. The van der Waals surface area contributed by atoms with Crippen LogP contribution in [0, 0.1) is 0 Å². The maximum atomic E-state index is 12.7. The Balaban J connectivity index is 1.58. The summed E-state index contributed by atoms with van der Waals surface area (Å²) in [5.74, 6) is 0.780. The van der Waals surface area contributed by atoms with Gasteiger partial charge in [0.15, 0.2) is 0 Å². The first-order valence-corrected chi connectivity index (χ1v) is 10.00. The van der Waals surface area contributed by atoms with E-state index in [2.05, 4.69) is 15.5 Å². The number of benzene rings is 3. The molecule has 4 nitrogen and oxygen atoms in total. The van der Waals surface area contributed by atoms with Crippen LogP contribution in [0.4, 0.5) is 19.0 Å². The highest BCUT2D eigenvalue weighted by atomic mass is 35.5. The summed E-state index contributed by atoms with van der Waals surface area (Å²) in [7, 11) is 0. The predicted molar refractivity (Wildman–Crippen MR) is 120 cm³/mol. The monoisotopic (exact) mass is 455 g/mol. The number of ether oxygens (including phenoxy) is 1. The van der Waals surface area contributed by atoms with E-state index in [-0.39, 0.29) is 12.4 Å². The van der Waals surface area contributed by atoms with Crippen molar-refractivity contribution in [3.63, 3.8) is 0 Å². The minimum absolute atomic E-state index is 0.188. The van der Waals surface area contributed by atoms with E-state index in [0.29, 0.717) is 10.8 Å². The van der Waals surface area contributed by atoms with Crippen molar-refractivity contribution in [2.45, 2.75) is 12.8 Å². The third kappa shape index (κ3) is 5.00. The number of nitrogens with one attached hydrogen (secondary N) is 1. The van der Waals surface area contributed by atoms with Gasteiger partial charge in [-0.15, -0.1) is 0 Å². The molecule has 0 saturated heterocycles. The Bertz CT molecular complexity index is 1260. The molecule has 1 N–H and O–H groups in total. The number of pyridine rings is 1. The topological polar surface area (TPSA) is 46.5 Å². The lowest BCUT2D eigenvalue weighted by molar-refractivity contribution is -0.137. The van der Waals surface area contributed by atoms with Crippen molar-refractivity contribution in [2.24, 2.45) is 5.10 Å². The third-order valence-corrected chi connectivity index (χ3v) is 5.10. The second kappa shape index (κ2) is 9.28. The second-order valence-corrected chi connectivity index (χ2v) is 7.29. The number of nitrogens with zero attached hydrogens (tertiary/aromatic N) is 2. The smallest absolute Gasteiger partial charge is 0.417 e. The van der Waals surface area contributed by atoms with Crippen molar-refractivity contribution in [3.8, 4) is 5.75 Å². The van der Waals surface area contributed by atoms with E-state index in [1.54, 1.807) is 12.3 Å². The van der Waals surface area contributed by atoms with Crippen LogP contribution < -0.4 is 10.2 Å². The lowest BCUT2D eigenvalue weighted by atomic mass is 10.0. The van der Waals surface area contributed by atoms with E-state index in [1.165, 1.54) is 6.07 Å². The number of halogens is 4. The van der Waals surface area contributed by atoms with Gasteiger partial charge < -0.3 is 4.74 Å². The quantitative estimate of drug-likeness (QED) is 0.253. The molecule has 0 unspecified atom stereocenters. The Labute approximate surface area is 187 Å². The number of aromatic nitrogens is 1. The fourth-order valence-corrected chi connectivity index (χ4v) is 3.29. The molecular weight excluding hydrogens is 439 g/mol. The van der Waals surface area contributed by atoms with Gasteiger partial charge in [0.05, 0.1) is 11.8 Å².